The Morgan fingerprint density at radius 3 is 2.52 bits per heavy atom. The number of halogens is 1. The van der Waals surface area contributed by atoms with Gasteiger partial charge in [-0.25, -0.2) is 4.39 Å². The number of nitrogens with one attached hydrogen (secondary N) is 1. The molecule has 0 heterocycles. The normalized spacial score (nSPS) is 12.0. The maximum atomic E-state index is 13.0. The van der Waals surface area contributed by atoms with Crippen molar-refractivity contribution >= 4 is 17.6 Å². The van der Waals surface area contributed by atoms with Crippen LogP contribution in [0, 0.1) is 27.8 Å². The summed E-state index contributed by atoms with van der Waals surface area (Å²) in [6.45, 7) is 3.21. The van der Waals surface area contributed by atoms with Crippen molar-refractivity contribution in [3.63, 3.8) is 0 Å². The lowest BCUT2D eigenvalue weighted by Gasteiger charge is -2.16. The predicted molar refractivity (Wildman–Crippen MR) is 71.4 cm³/mol. The molecule has 0 fully saturated rings. The summed E-state index contributed by atoms with van der Waals surface area (Å²) >= 11 is 0. The topological polar surface area (TPSA) is 110 Å². The molecule has 114 valence electrons. The minimum absolute atomic E-state index is 0.166. The van der Waals surface area contributed by atoms with E-state index in [1.165, 1.54) is 0 Å². The van der Waals surface area contributed by atoms with E-state index < -0.39 is 34.2 Å². The third-order valence-corrected chi connectivity index (χ3v) is 3.01. The van der Waals surface area contributed by atoms with Crippen LogP contribution in [0.5, 0.6) is 0 Å². The molecule has 0 aliphatic heterocycles. The zero-order valence-corrected chi connectivity index (χ0v) is 11.5. The summed E-state index contributed by atoms with van der Waals surface area (Å²) in [6, 6.07) is 2.57. The second-order valence-electron chi connectivity index (χ2n) is 4.82. The Bertz CT molecular complexity index is 574. The zero-order chi connectivity index (χ0) is 16.2. The fraction of sp³-hybridized carbons (Fsp3) is 0.385. The number of hydrogen-bond donors (Lipinski definition) is 2. The molecule has 21 heavy (non-hydrogen) atoms. The molecular weight excluding hydrogens is 283 g/mol. The van der Waals surface area contributed by atoms with E-state index in [1.807, 2.05) is 0 Å². The molecule has 0 radical (unpaired) electrons. The van der Waals surface area contributed by atoms with Crippen molar-refractivity contribution in [2.75, 3.05) is 6.54 Å². The molecule has 0 aliphatic rings. The number of carboxylic acid groups (broad SMARTS) is 1. The number of nitrogens with zero attached hydrogens (tertiary/aromatic N) is 1. The second kappa shape index (κ2) is 6.78. The van der Waals surface area contributed by atoms with Crippen molar-refractivity contribution in [1.82, 2.24) is 5.32 Å². The molecule has 1 atom stereocenters. The summed E-state index contributed by atoms with van der Waals surface area (Å²) in [5.41, 5.74) is -0.974. The number of amides is 1. The number of nitro groups is 1. The molecule has 1 rings (SSSR count). The van der Waals surface area contributed by atoms with Crippen molar-refractivity contribution in [3.8, 4) is 0 Å². The minimum atomic E-state index is -1.07. The fourth-order valence-electron chi connectivity index (χ4n) is 1.75. The molecule has 0 aromatic heterocycles. The number of nitro benzene ring substituents is 1. The number of aliphatic carboxylic acids is 1. The number of carbonyl (C=O) groups is 2. The van der Waals surface area contributed by atoms with E-state index in [9.17, 15) is 24.1 Å². The first-order valence-corrected chi connectivity index (χ1v) is 6.19. The predicted octanol–water partition coefficient (Wildman–Crippen LogP) is 1.82. The largest absolute Gasteiger partial charge is 0.481 e. The molecule has 0 aliphatic carbocycles. The monoisotopic (exact) mass is 298 g/mol. The lowest BCUT2D eigenvalue weighted by atomic mass is 9.96. The number of benzene rings is 1. The molecule has 0 spiro atoms. The highest BCUT2D eigenvalue weighted by Crippen LogP contribution is 2.20. The van der Waals surface area contributed by atoms with Crippen LogP contribution in [0.1, 0.15) is 24.2 Å². The van der Waals surface area contributed by atoms with E-state index in [-0.39, 0.29) is 18.0 Å². The maximum absolute atomic E-state index is 13.0. The molecule has 8 heteroatoms. The zero-order valence-electron chi connectivity index (χ0n) is 11.5. The van der Waals surface area contributed by atoms with E-state index in [2.05, 4.69) is 5.32 Å². The minimum Gasteiger partial charge on any atom is -0.481 e. The molecule has 2 N–H and O–H groups in total. The third-order valence-electron chi connectivity index (χ3n) is 3.01. The molecule has 1 aromatic rings. The van der Waals surface area contributed by atoms with Gasteiger partial charge in [0.1, 0.15) is 11.4 Å². The standard InChI is InChI=1S/C13H15FN2O5/c1-7(2)10(13(18)19)6-15-12(17)9-4-3-8(14)5-11(9)16(20)21/h3-5,7,10H,6H2,1-2H3,(H,15,17)(H,18,19). The van der Waals surface area contributed by atoms with Crippen LogP contribution in [0.2, 0.25) is 0 Å². The van der Waals surface area contributed by atoms with Gasteiger partial charge >= 0.3 is 5.97 Å². The summed E-state index contributed by atoms with van der Waals surface area (Å²) in [4.78, 5) is 32.8. The molecule has 0 saturated carbocycles. The Morgan fingerprint density at radius 2 is 2.05 bits per heavy atom. The van der Waals surface area contributed by atoms with E-state index in [4.69, 9.17) is 5.11 Å². The van der Waals surface area contributed by atoms with Gasteiger partial charge in [-0.1, -0.05) is 13.8 Å². The van der Waals surface area contributed by atoms with Crippen molar-refractivity contribution in [2.45, 2.75) is 13.8 Å². The van der Waals surface area contributed by atoms with Crippen molar-refractivity contribution in [2.24, 2.45) is 11.8 Å². The number of hydrogen-bond acceptors (Lipinski definition) is 4. The van der Waals surface area contributed by atoms with Crippen molar-refractivity contribution in [3.05, 3.63) is 39.7 Å². The van der Waals surface area contributed by atoms with Gasteiger partial charge in [0, 0.05) is 6.54 Å². The summed E-state index contributed by atoms with van der Waals surface area (Å²) in [5, 5.41) is 22.1. The van der Waals surface area contributed by atoms with Crippen LogP contribution in [0.25, 0.3) is 0 Å². The molecule has 7 nitrogen and oxygen atoms in total. The van der Waals surface area contributed by atoms with E-state index in [0.29, 0.717) is 6.07 Å². The van der Waals surface area contributed by atoms with Crippen LogP contribution in [-0.2, 0) is 4.79 Å². The first-order valence-electron chi connectivity index (χ1n) is 6.19. The van der Waals surface area contributed by atoms with Gasteiger partial charge in [0.05, 0.1) is 16.9 Å². The Morgan fingerprint density at radius 1 is 1.43 bits per heavy atom. The molecule has 1 amide bonds. The van der Waals surface area contributed by atoms with Crippen LogP contribution >= 0.6 is 0 Å². The highest BCUT2D eigenvalue weighted by molar-refractivity contribution is 5.98. The fourth-order valence-corrected chi connectivity index (χ4v) is 1.75. The number of carbonyl (C=O) groups excluding carboxylic acids is 1. The van der Waals surface area contributed by atoms with Crippen LogP contribution in [0.15, 0.2) is 18.2 Å². The van der Waals surface area contributed by atoms with Gasteiger partial charge in [-0.05, 0) is 18.1 Å². The Balaban J connectivity index is 2.90. The van der Waals surface area contributed by atoms with Gasteiger partial charge in [-0.2, -0.15) is 0 Å². The van der Waals surface area contributed by atoms with Crippen LogP contribution in [-0.4, -0.2) is 28.5 Å². The SMILES string of the molecule is CC(C)C(CNC(=O)c1ccc(F)cc1[N+](=O)[O-])C(=O)O. The lowest BCUT2D eigenvalue weighted by Crippen LogP contribution is -2.35. The molecule has 0 bridgehead atoms. The van der Waals surface area contributed by atoms with Crippen LogP contribution < -0.4 is 5.32 Å². The second-order valence-corrected chi connectivity index (χ2v) is 4.82. The average Bonchev–Trinajstić information content (AvgIpc) is 2.37. The maximum Gasteiger partial charge on any atom is 0.308 e. The molecule has 1 unspecified atom stereocenters. The van der Waals surface area contributed by atoms with E-state index in [1.54, 1.807) is 13.8 Å². The molecule has 0 saturated heterocycles. The Labute approximate surface area is 119 Å². The first kappa shape index (κ1) is 16.5. The van der Waals surface area contributed by atoms with Crippen molar-refractivity contribution < 1.29 is 24.0 Å². The summed E-state index contributed by atoms with van der Waals surface area (Å²) in [7, 11) is 0. The summed E-state index contributed by atoms with van der Waals surface area (Å²) in [6.07, 6.45) is 0. The van der Waals surface area contributed by atoms with Crippen LogP contribution in [0.4, 0.5) is 10.1 Å². The Kier molecular flexibility index (Phi) is 5.34. The van der Waals surface area contributed by atoms with Gasteiger partial charge in [0.25, 0.3) is 11.6 Å². The number of carboxylic acids is 1. The summed E-state index contributed by atoms with van der Waals surface area (Å²) < 4.78 is 13.0. The smallest absolute Gasteiger partial charge is 0.308 e. The van der Waals surface area contributed by atoms with Gasteiger partial charge < -0.3 is 10.4 Å². The molecular formula is C13H15FN2O5. The van der Waals surface area contributed by atoms with Gasteiger partial charge in [0.15, 0.2) is 0 Å². The Hall–Kier alpha value is -2.51. The molecule has 1 aromatic carbocycles. The van der Waals surface area contributed by atoms with E-state index in [0.717, 1.165) is 12.1 Å². The van der Waals surface area contributed by atoms with Gasteiger partial charge in [-0.3, -0.25) is 19.7 Å². The first-order chi connectivity index (χ1) is 9.73. The van der Waals surface area contributed by atoms with Crippen LogP contribution in [0.3, 0.4) is 0 Å². The van der Waals surface area contributed by atoms with Gasteiger partial charge in [-0.15, -0.1) is 0 Å². The highest BCUT2D eigenvalue weighted by atomic mass is 19.1. The van der Waals surface area contributed by atoms with Gasteiger partial charge in [0.2, 0.25) is 0 Å². The average molecular weight is 298 g/mol. The van der Waals surface area contributed by atoms with Crippen molar-refractivity contribution in [1.29, 1.82) is 0 Å². The lowest BCUT2D eigenvalue weighted by molar-refractivity contribution is -0.385. The quantitative estimate of drug-likeness (QED) is 0.615. The van der Waals surface area contributed by atoms with E-state index >= 15 is 0 Å². The highest BCUT2D eigenvalue weighted by Gasteiger charge is 2.25. The number of rotatable bonds is 6. The summed E-state index contributed by atoms with van der Waals surface area (Å²) in [5.74, 6) is -3.74. The third kappa shape index (κ3) is 4.23.